The van der Waals surface area contributed by atoms with Gasteiger partial charge in [0.25, 0.3) is 0 Å². The quantitative estimate of drug-likeness (QED) is 0.887. The molecule has 0 fully saturated rings. The van der Waals surface area contributed by atoms with Crippen LogP contribution in [0.15, 0.2) is 30.6 Å². The lowest BCUT2D eigenvalue weighted by atomic mass is 10.2. The minimum Gasteiger partial charge on any atom is -0.489 e. The first-order valence-corrected chi connectivity index (χ1v) is 8.83. The predicted molar refractivity (Wildman–Crippen MR) is 96.5 cm³/mol. The zero-order valence-electron chi connectivity index (χ0n) is 14.5. The smallest absolute Gasteiger partial charge is 0.234 e. The molecule has 2 aromatic rings. The number of imidazole rings is 1. The second-order valence-electron chi connectivity index (χ2n) is 6.30. The molecule has 25 heavy (non-hydrogen) atoms. The number of nitrogens with zero attached hydrogens (tertiary/aromatic N) is 3. The summed E-state index contributed by atoms with van der Waals surface area (Å²) in [7, 11) is 1.91. The van der Waals surface area contributed by atoms with Gasteiger partial charge in [-0.2, -0.15) is 0 Å². The minimum atomic E-state index is -0.0183. The number of amides is 1. The Morgan fingerprint density at radius 3 is 3.04 bits per heavy atom. The minimum absolute atomic E-state index is 0.0183. The normalized spacial score (nSPS) is 17.5. The molecule has 0 aliphatic carbocycles. The molecule has 7 heteroatoms. The Kier molecular flexibility index (Phi) is 5.60. The van der Waals surface area contributed by atoms with Gasteiger partial charge in [-0.15, -0.1) is 0 Å². The van der Waals surface area contributed by atoms with Gasteiger partial charge in [0.1, 0.15) is 17.7 Å². The number of aryl methyl sites for hydroxylation is 1. The number of benzene rings is 1. The second kappa shape index (κ2) is 7.89. The Morgan fingerprint density at radius 2 is 2.32 bits per heavy atom. The van der Waals surface area contributed by atoms with Crippen LogP contribution in [0.3, 0.4) is 0 Å². The summed E-state index contributed by atoms with van der Waals surface area (Å²) in [5, 5.41) is 3.60. The monoisotopic (exact) mass is 362 g/mol. The maximum absolute atomic E-state index is 12.3. The van der Waals surface area contributed by atoms with Crippen LogP contribution in [0.1, 0.15) is 24.7 Å². The van der Waals surface area contributed by atoms with E-state index in [-0.39, 0.29) is 12.0 Å². The molecule has 2 heterocycles. The SMILES string of the molecule is CCC1CN(CC(=O)NCc2nccn2C)Cc2ccc(Cl)cc2O1. The Labute approximate surface area is 152 Å². The van der Waals surface area contributed by atoms with Crippen molar-refractivity contribution >= 4 is 17.5 Å². The molecule has 0 radical (unpaired) electrons. The third-order valence-electron chi connectivity index (χ3n) is 4.37. The van der Waals surface area contributed by atoms with Crippen molar-refractivity contribution in [2.45, 2.75) is 32.5 Å². The van der Waals surface area contributed by atoms with E-state index in [1.807, 2.05) is 36.0 Å². The van der Waals surface area contributed by atoms with Crippen molar-refractivity contribution in [1.29, 1.82) is 0 Å². The maximum atomic E-state index is 12.3. The molecule has 1 amide bonds. The number of hydrogen-bond acceptors (Lipinski definition) is 4. The van der Waals surface area contributed by atoms with Gasteiger partial charge in [0.2, 0.25) is 5.91 Å². The Morgan fingerprint density at radius 1 is 1.48 bits per heavy atom. The Bertz CT molecular complexity index is 746. The highest BCUT2D eigenvalue weighted by molar-refractivity contribution is 6.30. The summed E-state index contributed by atoms with van der Waals surface area (Å²) in [6.07, 6.45) is 4.50. The molecule has 0 spiro atoms. The number of carbonyl (C=O) groups is 1. The molecule has 1 unspecified atom stereocenters. The average Bonchev–Trinajstić information content (AvgIpc) is 2.90. The van der Waals surface area contributed by atoms with E-state index >= 15 is 0 Å². The number of rotatable bonds is 5. The fourth-order valence-corrected chi connectivity index (χ4v) is 3.08. The zero-order valence-corrected chi connectivity index (χ0v) is 15.3. The molecule has 1 aromatic heterocycles. The highest BCUT2D eigenvalue weighted by Crippen LogP contribution is 2.28. The van der Waals surface area contributed by atoms with Gasteiger partial charge < -0.3 is 14.6 Å². The van der Waals surface area contributed by atoms with Crippen LogP contribution < -0.4 is 10.1 Å². The Balaban J connectivity index is 1.63. The van der Waals surface area contributed by atoms with Gasteiger partial charge in [-0.1, -0.05) is 24.6 Å². The van der Waals surface area contributed by atoms with Crippen LogP contribution in [-0.4, -0.2) is 39.6 Å². The van der Waals surface area contributed by atoms with Crippen LogP contribution in [0.2, 0.25) is 5.02 Å². The largest absolute Gasteiger partial charge is 0.489 e. The van der Waals surface area contributed by atoms with Crippen molar-refractivity contribution in [3.63, 3.8) is 0 Å². The van der Waals surface area contributed by atoms with Crippen LogP contribution in [0.5, 0.6) is 5.75 Å². The molecule has 1 atom stereocenters. The van der Waals surface area contributed by atoms with Gasteiger partial charge in [-0.3, -0.25) is 9.69 Å². The standard InChI is InChI=1S/C18H23ClN4O2/c1-3-15-11-23(10-13-4-5-14(19)8-16(13)25-15)12-18(24)21-9-17-20-6-7-22(17)2/h4-8,15H,3,9-12H2,1-2H3,(H,21,24). The summed E-state index contributed by atoms with van der Waals surface area (Å²) in [6, 6.07) is 5.67. The lowest BCUT2D eigenvalue weighted by Crippen LogP contribution is -2.40. The van der Waals surface area contributed by atoms with Crippen molar-refractivity contribution < 1.29 is 9.53 Å². The van der Waals surface area contributed by atoms with Gasteiger partial charge >= 0.3 is 0 Å². The molecule has 6 nitrogen and oxygen atoms in total. The van der Waals surface area contributed by atoms with E-state index in [9.17, 15) is 4.79 Å². The molecule has 1 aliphatic rings. The molecular formula is C18H23ClN4O2. The fraction of sp³-hybridized carbons (Fsp3) is 0.444. The lowest BCUT2D eigenvalue weighted by Gasteiger charge is -2.22. The number of halogens is 1. The van der Waals surface area contributed by atoms with E-state index in [4.69, 9.17) is 16.3 Å². The number of aromatic nitrogens is 2. The Hall–Kier alpha value is -2.05. The van der Waals surface area contributed by atoms with E-state index in [1.54, 1.807) is 6.20 Å². The number of hydrogen-bond donors (Lipinski definition) is 1. The van der Waals surface area contributed by atoms with Gasteiger partial charge in [-0.05, 0) is 18.6 Å². The van der Waals surface area contributed by atoms with Gasteiger partial charge in [0.05, 0.1) is 13.1 Å². The molecule has 1 aromatic carbocycles. The van der Waals surface area contributed by atoms with Gasteiger partial charge in [-0.25, -0.2) is 4.98 Å². The molecule has 1 N–H and O–H groups in total. The van der Waals surface area contributed by atoms with Crippen LogP contribution in [-0.2, 0) is 24.9 Å². The predicted octanol–water partition coefficient (Wildman–Crippen LogP) is 2.36. The summed E-state index contributed by atoms with van der Waals surface area (Å²) < 4.78 is 7.96. The van der Waals surface area contributed by atoms with Gasteiger partial charge in [0, 0.05) is 43.1 Å². The van der Waals surface area contributed by atoms with E-state index in [0.29, 0.717) is 31.2 Å². The van der Waals surface area contributed by atoms with Crippen molar-refractivity contribution in [1.82, 2.24) is 19.8 Å². The maximum Gasteiger partial charge on any atom is 0.234 e. The van der Waals surface area contributed by atoms with E-state index < -0.39 is 0 Å². The number of ether oxygens (including phenoxy) is 1. The highest BCUT2D eigenvalue weighted by Gasteiger charge is 2.23. The second-order valence-corrected chi connectivity index (χ2v) is 6.74. The van der Waals surface area contributed by atoms with Crippen molar-refractivity contribution in [3.8, 4) is 5.75 Å². The average molecular weight is 363 g/mol. The summed E-state index contributed by atoms with van der Waals surface area (Å²) in [6.45, 7) is 4.21. The summed E-state index contributed by atoms with van der Waals surface area (Å²) in [5.74, 6) is 1.63. The molecular weight excluding hydrogens is 340 g/mol. The summed E-state index contributed by atoms with van der Waals surface area (Å²) in [4.78, 5) is 18.7. The van der Waals surface area contributed by atoms with Crippen molar-refractivity contribution in [2.24, 2.45) is 7.05 Å². The lowest BCUT2D eigenvalue weighted by molar-refractivity contribution is -0.122. The first-order valence-electron chi connectivity index (χ1n) is 8.45. The number of fused-ring (bicyclic) bond motifs is 1. The van der Waals surface area contributed by atoms with Crippen LogP contribution in [0.25, 0.3) is 0 Å². The summed E-state index contributed by atoms with van der Waals surface area (Å²) >= 11 is 6.08. The highest BCUT2D eigenvalue weighted by atomic mass is 35.5. The van der Waals surface area contributed by atoms with E-state index in [0.717, 1.165) is 23.6 Å². The number of nitrogens with one attached hydrogen (secondary N) is 1. The van der Waals surface area contributed by atoms with Crippen LogP contribution >= 0.6 is 11.6 Å². The van der Waals surface area contributed by atoms with Gasteiger partial charge in [0.15, 0.2) is 0 Å². The summed E-state index contributed by atoms with van der Waals surface area (Å²) in [5.41, 5.74) is 1.05. The molecule has 1 aliphatic heterocycles. The van der Waals surface area contributed by atoms with Crippen LogP contribution in [0.4, 0.5) is 0 Å². The van der Waals surface area contributed by atoms with Crippen LogP contribution in [0, 0.1) is 0 Å². The molecule has 0 saturated heterocycles. The first kappa shape index (κ1) is 17.8. The third kappa shape index (κ3) is 4.52. The first-order chi connectivity index (χ1) is 12.0. The fourth-order valence-electron chi connectivity index (χ4n) is 2.92. The molecule has 0 saturated carbocycles. The van der Waals surface area contributed by atoms with Crippen molar-refractivity contribution in [3.05, 3.63) is 47.0 Å². The van der Waals surface area contributed by atoms with E-state index in [1.165, 1.54) is 0 Å². The zero-order chi connectivity index (χ0) is 17.8. The molecule has 3 rings (SSSR count). The number of carbonyl (C=O) groups excluding carboxylic acids is 1. The third-order valence-corrected chi connectivity index (χ3v) is 4.60. The molecule has 134 valence electrons. The molecule has 0 bridgehead atoms. The topological polar surface area (TPSA) is 59.4 Å². The van der Waals surface area contributed by atoms with E-state index in [2.05, 4.69) is 22.1 Å². The van der Waals surface area contributed by atoms with Crippen molar-refractivity contribution in [2.75, 3.05) is 13.1 Å².